The summed E-state index contributed by atoms with van der Waals surface area (Å²) in [4.78, 5) is 10.7. The van der Waals surface area contributed by atoms with Crippen LogP contribution in [-0.2, 0) is 0 Å². The molecule has 2 aromatic rings. The molecule has 316 valence electrons. The lowest BCUT2D eigenvalue weighted by atomic mass is 10.0. The van der Waals surface area contributed by atoms with Crippen molar-refractivity contribution in [2.75, 3.05) is 0 Å². The Morgan fingerprint density at radius 2 is 0.667 bits per heavy atom. The molecule has 0 aliphatic carbocycles. The molecule has 0 fully saturated rings. The molecule has 2 nitrogen and oxygen atoms in total. The first-order valence-corrected chi connectivity index (χ1v) is 24.5. The highest BCUT2D eigenvalue weighted by Crippen LogP contribution is 2.22. The van der Waals surface area contributed by atoms with Crippen molar-refractivity contribution in [1.82, 2.24) is 0 Å². The molecule has 0 unspecified atom stereocenters. The second-order valence-corrected chi connectivity index (χ2v) is 16.7. The second kappa shape index (κ2) is 37.2. The lowest BCUT2D eigenvalue weighted by Crippen LogP contribution is -2.14. The van der Waals surface area contributed by atoms with Crippen molar-refractivity contribution >= 4 is 22.8 Å². The average Bonchev–Trinajstić information content (AvgIpc) is 3.22. The van der Waals surface area contributed by atoms with Gasteiger partial charge >= 0.3 is 0 Å². The van der Waals surface area contributed by atoms with Crippen molar-refractivity contribution in [3.05, 3.63) is 59.7 Å². The van der Waals surface area contributed by atoms with Gasteiger partial charge in [-0.15, -0.1) is 0 Å². The zero-order valence-electron chi connectivity index (χ0n) is 37.8. The van der Waals surface area contributed by atoms with Gasteiger partial charge in [-0.05, 0) is 74.9 Å². The normalized spacial score (nSPS) is 11.6. The summed E-state index contributed by atoms with van der Waals surface area (Å²) >= 11 is 0. The third kappa shape index (κ3) is 28.1. The maximum atomic E-state index is 5.33. The number of rotatable bonds is 34. The number of nitrogens with zero attached hydrogens (tertiary/aromatic N) is 2. The van der Waals surface area contributed by atoms with E-state index in [4.69, 9.17) is 9.98 Å². The van der Waals surface area contributed by atoms with Gasteiger partial charge in [-0.2, -0.15) is 0 Å². The highest BCUT2D eigenvalue weighted by Gasteiger charge is 2.11. The Morgan fingerprint density at radius 1 is 0.368 bits per heavy atom. The maximum Gasteiger partial charge on any atom is 0.0646 e. The molecule has 0 spiro atoms. The summed E-state index contributed by atoms with van der Waals surface area (Å²) in [6, 6.07) is 17.1. The molecule has 0 aromatic heterocycles. The minimum atomic E-state index is 0.952. The first kappa shape index (κ1) is 50.0. The summed E-state index contributed by atoms with van der Waals surface area (Å²) < 4.78 is 0. The van der Waals surface area contributed by atoms with E-state index in [1.54, 1.807) is 0 Å². The highest BCUT2D eigenvalue weighted by molar-refractivity contribution is 6.43. The Labute approximate surface area is 354 Å². The predicted molar refractivity (Wildman–Crippen MR) is 256 cm³/mol. The molecule has 2 rings (SSSR count). The highest BCUT2D eigenvalue weighted by atomic mass is 14.8. The van der Waals surface area contributed by atoms with Gasteiger partial charge in [-0.1, -0.05) is 224 Å². The van der Waals surface area contributed by atoms with Gasteiger partial charge < -0.3 is 0 Å². The van der Waals surface area contributed by atoms with Crippen molar-refractivity contribution in [3.8, 4) is 23.7 Å². The summed E-state index contributed by atoms with van der Waals surface area (Å²) in [6.07, 6.45) is 42.4. The molecule has 2 aromatic carbocycles. The van der Waals surface area contributed by atoms with E-state index in [0.717, 1.165) is 72.4 Å². The number of unbranched alkanes of at least 4 members (excludes halogenated alkanes) is 27. The maximum absolute atomic E-state index is 5.33. The van der Waals surface area contributed by atoms with Gasteiger partial charge in [-0.3, -0.25) is 9.98 Å². The molecule has 0 bridgehead atoms. The molecule has 0 aliphatic rings. The molecule has 57 heavy (non-hydrogen) atoms. The van der Waals surface area contributed by atoms with Gasteiger partial charge in [0.2, 0.25) is 0 Å². The van der Waals surface area contributed by atoms with E-state index in [9.17, 15) is 0 Å². The first-order chi connectivity index (χ1) is 28.2. The molecular formula is C55H86N2. The van der Waals surface area contributed by atoms with Crippen LogP contribution in [0, 0.1) is 23.7 Å². The molecular weight excluding hydrogens is 689 g/mol. The average molecular weight is 775 g/mol. The standard InChI is InChI=1S/C55H86N2/c1-5-9-13-16-18-20-22-24-26-28-30-32-35-40-50-42-38-44-52(48-50)56-54(46-34-12-8-4)55(47-37-15-11-7-3)57-53-45-39-43-51(49-53)41-36-33-31-29-27-25-23-21-19-17-14-10-6-2/h38-39,42-45,48-49H,5-34,37,46-47H2,1-4H3. The molecule has 0 aliphatic heterocycles. The zero-order valence-corrected chi connectivity index (χ0v) is 37.8. The zero-order chi connectivity index (χ0) is 40.7. The van der Waals surface area contributed by atoms with Gasteiger partial charge in [0, 0.05) is 24.0 Å². The monoisotopic (exact) mass is 775 g/mol. The van der Waals surface area contributed by atoms with Gasteiger partial charge in [0.25, 0.3) is 0 Å². The van der Waals surface area contributed by atoms with Gasteiger partial charge in [-0.25, -0.2) is 0 Å². The van der Waals surface area contributed by atoms with E-state index in [0.29, 0.717) is 0 Å². The summed E-state index contributed by atoms with van der Waals surface area (Å²) in [6.45, 7) is 9.15. The smallest absolute Gasteiger partial charge is 0.0646 e. The Bertz CT molecular complexity index is 1440. The Balaban J connectivity index is 2.03. The van der Waals surface area contributed by atoms with Crippen molar-refractivity contribution in [3.63, 3.8) is 0 Å². The second-order valence-electron chi connectivity index (χ2n) is 16.7. The van der Waals surface area contributed by atoms with Crippen LogP contribution < -0.4 is 0 Å². The Morgan fingerprint density at radius 3 is 1.04 bits per heavy atom. The van der Waals surface area contributed by atoms with Gasteiger partial charge in [0.1, 0.15) is 0 Å². The number of hydrogen-bond acceptors (Lipinski definition) is 2. The Hall–Kier alpha value is -3.10. The quantitative estimate of drug-likeness (QED) is 0.0384. The summed E-state index contributed by atoms with van der Waals surface area (Å²) in [7, 11) is 0. The van der Waals surface area contributed by atoms with Gasteiger partial charge in [0.15, 0.2) is 0 Å². The van der Waals surface area contributed by atoms with Crippen LogP contribution in [0.25, 0.3) is 0 Å². The van der Waals surface area contributed by atoms with Crippen molar-refractivity contribution in [1.29, 1.82) is 0 Å². The van der Waals surface area contributed by atoms with E-state index in [-0.39, 0.29) is 0 Å². The summed E-state index contributed by atoms with van der Waals surface area (Å²) in [5, 5.41) is 0. The van der Waals surface area contributed by atoms with E-state index >= 15 is 0 Å². The lowest BCUT2D eigenvalue weighted by molar-refractivity contribution is 0.551. The van der Waals surface area contributed by atoms with Crippen LogP contribution in [0.4, 0.5) is 11.4 Å². The molecule has 0 atom stereocenters. The molecule has 0 saturated heterocycles. The SMILES string of the molecule is CCCCCCCCCCCCCC#Cc1cccc(N=C(CCCCC)C(CCCCCC)=Nc2cccc(C#CCCCCCCCCCCCCC)c2)c1. The molecule has 0 radical (unpaired) electrons. The predicted octanol–water partition coefficient (Wildman–Crippen LogP) is 18.2. The summed E-state index contributed by atoms with van der Waals surface area (Å²) in [5.74, 6) is 13.8. The van der Waals surface area contributed by atoms with Crippen LogP contribution in [0.3, 0.4) is 0 Å². The topological polar surface area (TPSA) is 24.7 Å². The molecule has 0 heterocycles. The minimum Gasteiger partial charge on any atom is -0.252 e. The van der Waals surface area contributed by atoms with Crippen LogP contribution in [0.2, 0.25) is 0 Å². The summed E-state index contributed by atoms with van der Waals surface area (Å²) in [5.41, 5.74) is 6.39. The van der Waals surface area contributed by atoms with E-state index in [1.807, 2.05) is 0 Å². The van der Waals surface area contributed by atoms with Crippen molar-refractivity contribution in [2.45, 2.75) is 240 Å². The van der Waals surface area contributed by atoms with E-state index in [1.165, 1.54) is 173 Å². The van der Waals surface area contributed by atoms with Crippen molar-refractivity contribution < 1.29 is 0 Å². The van der Waals surface area contributed by atoms with Crippen LogP contribution >= 0.6 is 0 Å². The molecule has 2 heteroatoms. The number of benzene rings is 2. The van der Waals surface area contributed by atoms with Crippen LogP contribution in [0.5, 0.6) is 0 Å². The van der Waals surface area contributed by atoms with Crippen molar-refractivity contribution in [2.24, 2.45) is 9.98 Å². The minimum absolute atomic E-state index is 0.952. The number of hydrogen-bond donors (Lipinski definition) is 0. The fourth-order valence-corrected chi connectivity index (χ4v) is 7.49. The van der Waals surface area contributed by atoms with Gasteiger partial charge in [0.05, 0.1) is 22.8 Å². The molecule has 0 saturated carbocycles. The Kier molecular flexibility index (Phi) is 32.7. The molecule has 0 amide bonds. The molecule has 0 N–H and O–H groups in total. The van der Waals surface area contributed by atoms with Crippen LogP contribution in [-0.4, -0.2) is 11.4 Å². The van der Waals surface area contributed by atoms with E-state index < -0.39 is 0 Å². The van der Waals surface area contributed by atoms with Crippen LogP contribution in [0.15, 0.2) is 58.5 Å². The third-order valence-electron chi connectivity index (χ3n) is 11.1. The van der Waals surface area contributed by atoms with Crippen LogP contribution in [0.1, 0.15) is 251 Å². The largest absolute Gasteiger partial charge is 0.252 e. The first-order valence-electron chi connectivity index (χ1n) is 24.5. The van der Waals surface area contributed by atoms with E-state index in [2.05, 4.69) is 99.9 Å². The number of aliphatic imine (C=N–C) groups is 2. The lowest BCUT2D eigenvalue weighted by Gasteiger charge is -2.12. The third-order valence-corrected chi connectivity index (χ3v) is 11.1. The fourth-order valence-electron chi connectivity index (χ4n) is 7.49. The fraction of sp³-hybridized carbons (Fsp3) is 0.673.